The third-order valence-electron chi connectivity index (χ3n) is 7.05. The molecule has 5 heterocycles. The largest absolute Gasteiger partial charge is 0.389 e. The number of hydrogen-bond donors (Lipinski definition) is 2. The Bertz CT molecular complexity index is 1360. The summed E-state index contributed by atoms with van der Waals surface area (Å²) in [4.78, 5) is 23.8. The highest BCUT2D eigenvalue weighted by Gasteiger charge is 2.45. The van der Waals surface area contributed by atoms with Gasteiger partial charge in [-0.05, 0) is 30.0 Å². The first-order chi connectivity index (χ1) is 16.0. The molecule has 1 saturated heterocycles. The molecule has 3 aromatic heterocycles. The number of amides is 1. The fourth-order valence-electron chi connectivity index (χ4n) is 5.09. The number of likely N-dealkylation sites (tertiary alicyclic amines) is 1. The molecule has 2 atom stereocenters. The van der Waals surface area contributed by atoms with Crippen molar-refractivity contribution in [2.45, 2.75) is 31.0 Å². The fraction of sp³-hybridized carbons (Fsp3) is 0.333. The third kappa shape index (κ3) is 3.32. The zero-order valence-electron chi connectivity index (χ0n) is 18.3. The molecule has 0 radical (unpaired) electrons. The van der Waals surface area contributed by atoms with Crippen LogP contribution in [0.1, 0.15) is 28.0 Å². The molecule has 2 N–H and O–H groups in total. The molecule has 6 rings (SSSR count). The van der Waals surface area contributed by atoms with Gasteiger partial charge in [0.15, 0.2) is 0 Å². The quantitative estimate of drug-likeness (QED) is 0.486. The third-order valence-corrected chi connectivity index (χ3v) is 7.05. The Kier molecular flexibility index (Phi) is 4.56. The summed E-state index contributed by atoms with van der Waals surface area (Å²) < 4.78 is 3.53. The van der Waals surface area contributed by atoms with Gasteiger partial charge in [-0.2, -0.15) is 5.10 Å². The first kappa shape index (κ1) is 20.1. The average Bonchev–Trinajstić information content (AvgIpc) is 3.46. The monoisotopic (exact) mass is 443 g/mol. The van der Waals surface area contributed by atoms with Gasteiger partial charge in [0, 0.05) is 57.0 Å². The number of aromatic nitrogens is 5. The second-order valence-electron chi connectivity index (χ2n) is 8.99. The van der Waals surface area contributed by atoms with E-state index in [4.69, 9.17) is 0 Å². The number of benzene rings is 1. The van der Waals surface area contributed by atoms with Crippen molar-refractivity contribution < 1.29 is 9.90 Å². The highest BCUT2D eigenvalue weighted by molar-refractivity contribution is 5.93. The predicted octanol–water partition coefficient (Wildman–Crippen LogP) is 1.42. The molecule has 168 valence electrons. The number of fused-ring (bicyclic) bond motifs is 2. The van der Waals surface area contributed by atoms with Crippen molar-refractivity contribution in [1.82, 2.24) is 34.4 Å². The van der Waals surface area contributed by atoms with Crippen molar-refractivity contribution in [3.05, 3.63) is 71.9 Å². The van der Waals surface area contributed by atoms with Gasteiger partial charge in [-0.15, -0.1) is 0 Å². The van der Waals surface area contributed by atoms with Gasteiger partial charge in [-0.1, -0.05) is 24.3 Å². The highest BCUT2D eigenvalue weighted by Crippen LogP contribution is 2.32. The smallest absolute Gasteiger partial charge is 0.274 e. The molecule has 1 fully saturated rings. The summed E-state index contributed by atoms with van der Waals surface area (Å²) in [6, 6.07) is 10.2. The number of piperidine rings is 1. The van der Waals surface area contributed by atoms with Crippen LogP contribution in [0.25, 0.3) is 17.0 Å². The van der Waals surface area contributed by atoms with Crippen molar-refractivity contribution in [2.75, 3.05) is 13.1 Å². The van der Waals surface area contributed by atoms with E-state index in [0.29, 0.717) is 24.4 Å². The number of β-amino-alcohol motifs (C(OH)–C–C–N with tert-alkyl or cyclic N) is 1. The van der Waals surface area contributed by atoms with E-state index in [1.54, 1.807) is 32.6 Å². The zero-order chi connectivity index (χ0) is 22.6. The van der Waals surface area contributed by atoms with Crippen LogP contribution in [0.4, 0.5) is 0 Å². The van der Waals surface area contributed by atoms with E-state index in [2.05, 4.69) is 32.5 Å². The fourth-order valence-corrected chi connectivity index (χ4v) is 5.09. The molecule has 1 amide bonds. The van der Waals surface area contributed by atoms with Crippen LogP contribution in [0.2, 0.25) is 0 Å². The first-order valence-corrected chi connectivity index (χ1v) is 11.1. The lowest BCUT2D eigenvalue weighted by molar-refractivity contribution is -0.0140. The summed E-state index contributed by atoms with van der Waals surface area (Å²) >= 11 is 0. The summed E-state index contributed by atoms with van der Waals surface area (Å²) in [5.74, 6) is 0.275. The van der Waals surface area contributed by atoms with Crippen molar-refractivity contribution >= 4 is 11.7 Å². The Morgan fingerprint density at radius 3 is 2.85 bits per heavy atom. The van der Waals surface area contributed by atoms with Crippen molar-refractivity contribution in [3.63, 3.8) is 0 Å². The topological polar surface area (TPSA) is 101 Å². The van der Waals surface area contributed by atoms with Crippen molar-refractivity contribution in [3.8, 4) is 11.3 Å². The van der Waals surface area contributed by atoms with Crippen LogP contribution in [0.15, 0.2) is 55.1 Å². The summed E-state index contributed by atoms with van der Waals surface area (Å²) in [6.45, 7) is 1.57. The molecular formula is C24H25N7O2. The molecule has 9 nitrogen and oxygen atoms in total. The van der Waals surface area contributed by atoms with Crippen LogP contribution in [-0.2, 0) is 20.0 Å². The van der Waals surface area contributed by atoms with Gasteiger partial charge < -0.3 is 15.3 Å². The molecule has 0 aliphatic carbocycles. The predicted molar refractivity (Wildman–Crippen MR) is 121 cm³/mol. The van der Waals surface area contributed by atoms with Crippen molar-refractivity contribution in [1.29, 1.82) is 0 Å². The van der Waals surface area contributed by atoms with Crippen LogP contribution in [-0.4, -0.2) is 64.8 Å². The molecule has 1 aromatic carbocycles. The lowest BCUT2D eigenvalue weighted by Gasteiger charge is -2.48. The summed E-state index contributed by atoms with van der Waals surface area (Å²) in [6.07, 6.45) is 7.86. The molecule has 0 bridgehead atoms. The van der Waals surface area contributed by atoms with Crippen LogP contribution in [0.5, 0.6) is 0 Å². The first-order valence-electron chi connectivity index (χ1n) is 11.1. The lowest BCUT2D eigenvalue weighted by Crippen LogP contribution is -2.65. The number of aliphatic hydroxyl groups is 1. The molecular weight excluding hydrogens is 418 g/mol. The summed E-state index contributed by atoms with van der Waals surface area (Å²) in [7, 11) is 1.87. The van der Waals surface area contributed by atoms with E-state index in [-0.39, 0.29) is 12.5 Å². The molecule has 9 heteroatoms. The average molecular weight is 444 g/mol. The van der Waals surface area contributed by atoms with E-state index in [0.717, 1.165) is 24.2 Å². The number of aliphatic hydroxyl groups excluding tert-OH is 1. The second kappa shape index (κ2) is 7.50. The molecule has 4 aromatic rings. The van der Waals surface area contributed by atoms with Crippen LogP contribution in [0.3, 0.4) is 0 Å². The Morgan fingerprint density at radius 2 is 2.06 bits per heavy atom. The molecule has 2 aliphatic heterocycles. The van der Waals surface area contributed by atoms with Crippen LogP contribution < -0.4 is 5.32 Å². The molecule has 0 unspecified atom stereocenters. The molecule has 2 aliphatic rings. The van der Waals surface area contributed by atoms with Gasteiger partial charge in [0.1, 0.15) is 5.69 Å². The van der Waals surface area contributed by atoms with E-state index >= 15 is 0 Å². The Morgan fingerprint density at radius 1 is 1.21 bits per heavy atom. The van der Waals surface area contributed by atoms with Gasteiger partial charge in [-0.25, -0.2) is 9.97 Å². The van der Waals surface area contributed by atoms with Crippen molar-refractivity contribution in [2.24, 2.45) is 7.05 Å². The standard InChI is InChI=1S/C24H25N7O2/c1-29-20(6-8-27-29)18-11-25-23-28-19(14-31(23)13-18)22(33)30-9-7-24(21(32)15-30)10-16-4-2-3-5-17(16)12-26-24/h2-6,8,11,13-14,21,26,32H,7,9-10,12,15H2,1H3/t21-,24+/m1/s1. The molecule has 33 heavy (non-hydrogen) atoms. The minimum absolute atomic E-state index is 0.187. The number of rotatable bonds is 2. The summed E-state index contributed by atoms with van der Waals surface area (Å²) in [5.41, 5.74) is 4.29. The van der Waals surface area contributed by atoms with E-state index in [1.165, 1.54) is 11.1 Å². The Hall–Kier alpha value is -3.56. The Balaban J connectivity index is 1.21. The highest BCUT2D eigenvalue weighted by atomic mass is 16.3. The SMILES string of the molecule is Cn1nccc1-c1cnc2nc(C(=O)N3CC[C@]4(Cc5ccccc5CN4)[C@H](O)C3)cn2c1. The normalized spacial score (nSPS) is 22.6. The number of nitrogens with zero attached hydrogens (tertiary/aromatic N) is 6. The second-order valence-corrected chi connectivity index (χ2v) is 8.99. The number of nitrogens with one attached hydrogen (secondary N) is 1. The van der Waals surface area contributed by atoms with E-state index < -0.39 is 11.6 Å². The number of hydrogen-bond acceptors (Lipinski definition) is 6. The maximum Gasteiger partial charge on any atom is 0.274 e. The number of carbonyl (C=O) groups is 1. The van der Waals surface area contributed by atoms with Gasteiger partial charge >= 0.3 is 0 Å². The number of aryl methyl sites for hydroxylation is 1. The van der Waals surface area contributed by atoms with Gasteiger partial charge in [-0.3, -0.25) is 13.9 Å². The van der Waals surface area contributed by atoms with Crippen LogP contribution in [0, 0.1) is 0 Å². The zero-order valence-corrected chi connectivity index (χ0v) is 18.3. The maximum atomic E-state index is 13.2. The van der Waals surface area contributed by atoms with E-state index in [9.17, 15) is 9.90 Å². The lowest BCUT2D eigenvalue weighted by atomic mass is 9.76. The Labute approximate surface area is 190 Å². The van der Waals surface area contributed by atoms with Gasteiger partial charge in [0.2, 0.25) is 5.78 Å². The minimum Gasteiger partial charge on any atom is -0.389 e. The van der Waals surface area contributed by atoms with Gasteiger partial charge in [0.05, 0.1) is 17.3 Å². The molecule has 0 saturated carbocycles. The number of carbonyl (C=O) groups excluding carboxylic acids is 1. The van der Waals surface area contributed by atoms with E-state index in [1.807, 2.05) is 31.4 Å². The minimum atomic E-state index is -0.657. The maximum absolute atomic E-state index is 13.2. The number of imidazole rings is 1. The summed E-state index contributed by atoms with van der Waals surface area (Å²) in [5, 5.41) is 18.8. The van der Waals surface area contributed by atoms with Crippen LogP contribution >= 0.6 is 0 Å². The van der Waals surface area contributed by atoms with Gasteiger partial charge in [0.25, 0.3) is 5.91 Å². The molecule has 1 spiro atoms.